The third kappa shape index (κ3) is 2.18. The molecule has 1 aliphatic rings. The van der Waals surface area contributed by atoms with Crippen molar-refractivity contribution < 1.29 is 4.92 Å². The van der Waals surface area contributed by atoms with Gasteiger partial charge in [-0.25, -0.2) is 0 Å². The lowest BCUT2D eigenvalue weighted by Gasteiger charge is -2.17. The predicted octanol–water partition coefficient (Wildman–Crippen LogP) is 3.64. The van der Waals surface area contributed by atoms with Gasteiger partial charge in [-0.1, -0.05) is 35.9 Å². The first-order valence-electron chi connectivity index (χ1n) is 6.24. The van der Waals surface area contributed by atoms with Crippen molar-refractivity contribution in [2.75, 3.05) is 6.54 Å². The summed E-state index contributed by atoms with van der Waals surface area (Å²) in [5.41, 5.74) is 3.27. The number of nitro benzene ring substituents is 1. The third-order valence-corrected chi connectivity index (χ3v) is 3.57. The van der Waals surface area contributed by atoms with Crippen molar-refractivity contribution in [1.82, 2.24) is 0 Å². The molecule has 100 valence electrons. The van der Waals surface area contributed by atoms with Crippen molar-refractivity contribution in [2.45, 2.75) is 6.42 Å². The van der Waals surface area contributed by atoms with Crippen molar-refractivity contribution in [2.24, 2.45) is 4.99 Å². The Labute approximate surface area is 120 Å². The Bertz CT molecular complexity index is 726. The lowest BCUT2D eigenvalue weighted by Crippen LogP contribution is -2.15. The highest BCUT2D eigenvalue weighted by Gasteiger charge is 2.23. The summed E-state index contributed by atoms with van der Waals surface area (Å²) in [6.07, 6.45) is 0.855. The molecule has 5 heteroatoms. The van der Waals surface area contributed by atoms with E-state index in [1.807, 2.05) is 24.3 Å². The van der Waals surface area contributed by atoms with E-state index in [0.717, 1.165) is 17.5 Å². The van der Waals surface area contributed by atoms with Gasteiger partial charge in [0.2, 0.25) is 0 Å². The van der Waals surface area contributed by atoms with Crippen LogP contribution in [0.5, 0.6) is 0 Å². The SMILES string of the molecule is O=[N+]([O-])c1ccc(Cl)cc1C1=NCCc2ccccc21. The Morgan fingerprint density at radius 3 is 2.75 bits per heavy atom. The zero-order valence-electron chi connectivity index (χ0n) is 10.5. The summed E-state index contributed by atoms with van der Waals surface area (Å²) in [5.74, 6) is 0. The quantitative estimate of drug-likeness (QED) is 0.625. The average molecular weight is 287 g/mol. The van der Waals surface area contributed by atoms with Gasteiger partial charge >= 0.3 is 0 Å². The topological polar surface area (TPSA) is 55.5 Å². The predicted molar refractivity (Wildman–Crippen MR) is 78.8 cm³/mol. The Hall–Kier alpha value is -2.20. The highest BCUT2D eigenvalue weighted by Crippen LogP contribution is 2.28. The minimum Gasteiger partial charge on any atom is -0.283 e. The number of fused-ring (bicyclic) bond motifs is 1. The van der Waals surface area contributed by atoms with Crippen LogP contribution in [0, 0.1) is 10.1 Å². The molecule has 3 rings (SSSR count). The fraction of sp³-hybridized carbons (Fsp3) is 0.133. The fourth-order valence-corrected chi connectivity index (χ4v) is 2.60. The van der Waals surface area contributed by atoms with Crippen LogP contribution in [0.2, 0.25) is 5.02 Å². The second-order valence-electron chi connectivity index (χ2n) is 4.56. The van der Waals surface area contributed by atoms with Crippen LogP contribution in [-0.2, 0) is 6.42 Å². The van der Waals surface area contributed by atoms with Crippen molar-refractivity contribution in [3.63, 3.8) is 0 Å². The molecule has 0 amide bonds. The summed E-state index contributed by atoms with van der Waals surface area (Å²) in [7, 11) is 0. The zero-order chi connectivity index (χ0) is 14.1. The van der Waals surface area contributed by atoms with E-state index in [4.69, 9.17) is 11.6 Å². The van der Waals surface area contributed by atoms with Crippen LogP contribution in [0.4, 0.5) is 5.69 Å². The van der Waals surface area contributed by atoms with Gasteiger partial charge in [0, 0.05) is 23.2 Å². The monoisotopic (exact) mass is 286 g/mol. The Morgan fingerprint density at radius 2 is 1.95 bits per heavy atom. The van der Waals surface area contributed by atoms with Crippen LogP contribution in [0.15, 0.2) is 47.5 Å². The van der Waals surface area contributed by atoms with Gasteiger partial charge < -0.3 is 0 Å². The van der Waals surface area contributed by atoms with Crippen LogP contribution >= 0.6 is 11.6 Å². The van der Waals surface area contributed by atoms with Gasteiger partial charge in [0.15, 0.2) is 0 Å². The fourth-order valence-electron chi connectivity index (χ4n) is 2.43. The Kier molecular flexibility index (Phi) is 3.24. The molecular weight excluding hydrogens is 276 g/mol. The van der Waals surface area contributed by atoms with Gasteiger partial charge in [-0.2, -0.15) is 0 Å². The number of hydrogen-bond acceptors (Lipinski definition) is 3. The first kappa shape index (κ1) is 12.8. The van der Waals surface area contributed by atoms with E-state index in [2.05, 4.69) is 4.99 Å². The van der Waals surface area contributed by atoms with Gasteiger partial charge in [-0.3, -0.25) is 15.1 Å². The van der Waals surface area contributed by atoms with E-state index in [0.29, 0.717) is 22.8 Å². The molecule has 0 aromatic heterocycles. The van der Waals surface area contributed by atoms with Gasteiger partial charge in [0.05, 0.1) is 16.2 Å². The molecule has 20 heavy (non-hydrogen) atoms. The molecule has 2 aromatic carbocycles. The minimum atomic E-state index is -0.397. The molecule has 0 saturated carbocycles. The number of rotatable bonds is 2. The smallest absolute Gasteiger partial charge is 0.278 e. The van der Waals surface area contributed by atoms with Gasteiger partial charge in [-0.15, -0.1) is 0 Å². The highest BCUT2D eigenvalue weighted by molar-refractivity contribution is 6.31. The molecular formula is C15H11ClN2O2. The van der Waals surface area contributed by atoms with E-state index in [9.17, 15) is 10.1 Å². The summed E-state index contributed by atoms with van der Waals surface area (Å²) in [6, 6.07) is 12.4. The lowest BCUT2D eigenvalue weighted by molar-refractivity contribution is -0.385. The molecule has 0 unspecified atom stereocenters. The van der Waals surface area contributed by atoms with Gasteiger partial charge in [0.1, 0.15) is 0 Å². The second-order valence-corrected chi connectivity index (χ2v) is 4.99. The molecule has 4 nitrogen and oxygen atoms in total. The summed E-state index contributed by atoms with van der Waals surface area (Å²) in [4.78, 5) is 15.3. The molecule has 0 spiro atoms. The molecule has 0 fully saturated rings. The molecule has 2 aromatic rings. The van der Waals surface area contributed by atoms with E-state index >= 15 is 0 Å². The number of benzene rings is 2. The average Bonchev–Trinajstić information content (AvgIpc) is 2.46. The number of halogens is 1. The van der Waals surface area contributed by atoms with Gasteiger partial charge in [-0.05, 0) is 24.1 Å². The molecule has 0 atom stereocenters. The van der Waals surface area contributed by atoms with Crippen molar-refractivity contribution in [1.29, 1.82) is 0 Å². The first-order chi connectivity index (χ1) is 9.66. The first-order valence-corrected chi connectivity index (χ1v) is 6.61. The summed E-state index contributed by atoms with van der Waals surface area (Å²) < 4.78 is 0. The number of aliphatic imine (C=N–C) groups is 1. The van der Waals surface area contributed by atoms with E-state index in [-0.39, 0.29) is 5.69 Å². The van der Waals surface area contributed by atoms with Crippen LogP contribution < -0.4 is 0 Å². The van der Waals surface area contributed by atoms with Crippen LogP contribution in [0.25, 0.3) is 0 Å². The summed E-state index contributed by atoms with van der Waals surface area (Å²) in [6.45, 7) is 0.635. The molecule has 1 heterocycles. The van der Waals surface area contributed by atoms with Gasteiger partial charge in [0.25, 0.3) is 5.69 Å². The summed E-state index contributed by atoms with van der Waals surface area (Å²) >= 11 is 5.99. The van der Waals surface area contributed by atoms with E-state index < -0.39 is 4.92 Å². The van der Waals surface area contributed by atoms with Crippen molar-refractivity contribution in [3.8, 4) is 0 Å². The number of nitrogens with zero attached hydrogens (tertiary/aromatic N) is 2. The van der Waals surface area contributed by atoms with E-state index in [1.54, 1.807) is 6.07 Å². The zero-order valence-corrected chi connectivity index (χ0v) is 11.3. The lowest BCUT2D eigenvalue weighted by atomic mass is 9.93. The molecule has 0 radical (unpaired) electrons. The minimum absolute atomic E-state index is 0.0323. The molecule has 0 saturated heterocycles. The maximum Gasteiger partial charge on any atom is 0.278 e. The molecule has 0 N–H and O–H groups in total. The highest BCUT2D eigenvalue weighted by atomic mass is 35.5. The van der Waals surface area contributed by atoms with Crippen molar-refractivity contribution >= 4 is 23.0 Å². The maximum atomic E-state index is 11.2. The van der Waals surface area contributed by atoms with Crippen molar-refractivity contribution in [3.05, 3.63) is 74.3 Å². The second kappa shape index (κ2) is 5.06. The molecule has 0 aliphatic carbocycles. The Morgan fingerprint density at radius 1 is 1.15 bits per heavy atom. The number of hydrogen-bond donors (Lipinski definition) is 0. The normalized spacial score (nSPS) is 13.6. The third-order valence-electron chi connectivity index (χ3n) is 3.33. The largest absolute Gasteiger partial charge is 0.283 e. The van der Waals surface area contributed by atoms with E-state index in [1.165, 1.54) is 12.1 Å². The van der Waals surface area contributed by atoms with Crippen LogP contribution in [0.3, 0.4) is 0 Å². The Balaban J connectivity index is 2.21. The summed E-state index contributed by atoms with van der Waals surface area (Å²) in [5, 5.41) is 11.7. The maximum absolute atomic E-state index is 11.2. The molecule has 0 bridgehead atoms. The number of nitro groups is 1. The standard InChI is InChI=1S/C15H11ClN2O2/c16-11-5-6-14(18(19)20)13(9-11)15-12-4-2-1-3-10(12)7-8-17-15/h1-6,9H,7-8H2. The van der Waals surface area contributed by atoms with Crippen LogP contribution in [0.1, 0.15) is 16.7 Å². The molecule has 1 aliphatic heterocycles. The van der Waals surface area contributed by atoms with Crippen LogP contribution in [-0.4, -0.2) is 17.2 Å².